The number of aryl methyl sites for hydroxylation is 1. The van der Waals surface area contributed by atoms with Gasteiger partial charge in [0, 0.05) is 5.39 Å². The number of amides is 1. The van der Waals surface area contributed by atoms with E-state index in [0.29, 0.717) is 10.9 Å². The summed E-state index contributed by atoms with van der Waals surface area (Å²) in [6.45, 7) is 1.88. The highest BCUT2D eigenvalue weighted by molar-refractivity contribution is 6.05. The third-order valence-corrected chi connectivity index (χ3v) is 6.34. The predicted molar refractivity (Wildman–Crippen MR) is 127 cm³/mol. The van der Waals surface area contributed by atoms with Crippen molar-refractivity contribution in [2.24, 2.45) is 5.92 Å². The Labute approximate surface area is 206 Å². The highest BCUT2D eigenvalue weighted by Crippen LogP contribution is 2.33. The predicted octanol–water partition coefficient (Wildman–Crippen LogP) is 6.00. The molecule has 36 heavy (non-hydrogen) atoms. The molecule has 6 nitrogen and oxygen atoms in total. The molecule has 0 saturated heterocycles. The minimum absolute atomic E-state index is 0.0232. The van der Waals surface area contributed by atoms with Crippen molar-refractivity contribution in [1.29, 1.82) is 0 Å². The van der Waals surface area contributed by atoms with Crippen LogP contribution in [-0.2, 0) is 11.4 Å². The lowest BCUT2D eigenvalue weighted by Gasteiger charge is -2.22. The van der Waals surface area contributed by atoms with Crippen LogP contribution < -0.4 is 14.8 Å². The van der Waals surface area contributed by atoms with E-state index in [0.717, 1.165) is 36.6 Å². The number of halogens is 3. The van der Waals surface area contributed by atoms with Gasteiger partial charge in [-0.15, -0.1) is 13.2 Å². The van der Waals surface area contributed by atoms with Crippen molar-refractivity contribution in [3.8, 4) is 11.5 Å². The third-order valence-electron chi connectivity index (χ3n) is 6.34. The number of ether oxygens (including phenoxy) is 2. The summed E-state index contributed by atoms with van der Waals surface area (Å²) in [7, 11) is 0. The van der Waals surface area contributed by atoms with Crippen LogP contribution in [0.1, 0.15) is 47.2 Å². The second kappa shape index (κ2) is 10.5. The van der Waals surface area contributed by atoms with Gasteiger partial charge in [-0.3, -0.25) is 4.79 Å². The summed E-state index contributed by atoms with van der Waals surface area (Å²) in [6, 6.07) is 13.3. The summed E-state index contributed by atoms with van der Waals surface area (Å²) < 4.78 is 47.2. The van der Waals surface area contributed by atoms with Gasteiger partial charge < -0.3 is 19.9 Å². The van der Waals surface area contributed by atoms with Crippen molar-refractivity contribution in [2.75, 3.05) is 0 Å². The quantitative estimate of drug-likeness (QED) is 0.396. The molecule has 1 fully saturated rings. The number of carbonyl (C=O) groups is 2. The monoisotopic (exact) mass is 501 g/mol. The summed E-state index contributed by atoms with van der Waals surface area (Å²) in [5.74, 6) is -1.83. The minimum atomic E-state index is -4.78. The summed E-state index contributed by atoms with van der Waals surface area (Å²) in [6.07, 6.45) is -1.44. The number of fused-ring (bicyclic) bond motifs is 1. The average molecular weight is 502 g/mol. The molecule has 3 aromatic rings. The molecule has 9 heteroatoms. The molecule has 0 heterocycles. The Morgan fingerprint density at radius 2 is 1.72 bits per heavy atom. The van der Waals surface area contributed by atoms with Crippen LogP contribution in [0.4, 0.5) is 13.2 Å². The molecule has 0 aliphatic heterocycles. The average Bonchev–Trinajstić information content (AvgIpc) is 3.35. The Morgan fingerprint density at radius 1 is 1.06 bits per heavy atom. The van der Waals surface area contributed by atoms with Gasteiger partial charge in [-0.25, -0.2) is 4.79 Å². The van der Waals surface area contributed by atoms with Crippen molar-refractivity contribution in [1.82, 2.24) is 5.32 Å². The SMILES string of the molecule is Cc1ccc2ccc(C(=O)NC(C(=O)O)C3CCCC3)c(OCc3ccc(OC(F)(F)F)cc3)c2c1. The van der Waals surface area contributed by atoms with E-state index in [1.807, 2.05) is 25.1 Å². The summed E-state index contributed by atoms with van der Waals surface area (Å²) in [4.78, 5) is 25.2. The first kappa shape index (κ1) is 25.3. The van der Waals surface area contributed by atoms with Crippen LogP contribution in [0.15, 0.2) is 54.6 Å². The van der Waals surface area contributed by atoms with Gasteiger partial charge >= 0.3 is 12.3 Å². The molecule has 0 bridgehead atoms. The summed E-state index contributed by atoms with van der Waals surface area (Å²) in [5, 5.41) is 13.9. The van der Waals surface area contributed by atoms with Crippen molar-refractivity contribution in [2.45, 2.75) is 51.6 Å². The summed E-state index contributed by atoms with van der Waals surface area (Å²) >= 11 is 0. The van der Waals surface area contributed by atoms with Gasteiger partial charge in [-0.2, -0.15) is 0 Å². The standard InChI is InChI=1S/C27H26F3NO5/c1-16-6-9-18-10-13-21(25(32)31-23(26(33)34)19-4-2-3-5-19)24(22(18)14-16)35-15-17-7-11-20(12-8-17)36-27(28,29)30/h6-14,19,23H,2-5,15H2,1H3,(H,31,32)(H,33,34). The molecule has 2 N–H and O–H groups in total. The molecule has 0 aromatic heterocycles. The molecule has 0 spiro atoms. The van der Waals surface area contributed by atoms with Crippen LogP contribution in [-0.4, -0.2) is 29.4 Å². The van der Waals surface area contributed by atoms with Crippen molar-refractivity contribution in [3.63, 3.8) is 0 Å². The van der Waals surface area contributed by atoms with Crippen molar-refractivity contribution >= 4 is 22.6 Å². The lowest BCUT2D eigenvalue weighted by molar-refractivity contribution is -0.274. The molecule has 4 rings (SSSR count). The molecule has 1 atom stereocenters. The van der Waals surface area contributed by atoms with Gasteiger partial charge in [0.25, 0.3) is 5.91 Å². The zero-order valence-corrected chi connectivity index (χ0v) is 19.6. The molecule has 1 unspecified atom stereocenters. The number of carboxylic acid groups (broad SMARTS) is 1. The second-order valence-electron chi connectivity index (χ2n) is 8.98. The maximum Gasteiger partial charge on any atom is 0.573 e. The van der Waals surface area contributed by atoms with Crippen molar-refractivity contribution in [3.05, 3.63) is 71.3 Å². The molecule has 190 valence electrons. The lowest BCUT2D eigenvalue weighted by Crippen LogP contribution is -2.45. The Morgan fingerprint density at radius 3 is 2.36 bits per heavy atom. The first-order chi connectivity index (χ1) is 17.1. The molecule has 0 radical (unpaired) electrons. The van der Waals surface area contributed by atoms with Gasteiger partial charge in [0.15, 0.2) is 0 Å². The number of alkyl halides is 3. The maximum absolute atomic E-state index is 13.3. The van der Waals surface area contributed by atoms with Crippen LogP contribution in [0.5, 0.6) is 11.5 Å². The van der Waals surface area contributed by atoms with E-state index in [2.05, 4.69) is 10.1 Å². The molecule has 1 saturated carbocycles. The zero-order chi connectivity index (χ0) is 25.9. The number of nitrogens with one attached hydrogen (secondary N) is 1. The molecule has 1 amide bonds. The molecule has 3 aromatic carbocycles. The van der Waals surface area contributed by atoms with Crippen LogP contribution in [0.3, 0.4) is 0 Å². The van der Waals surface area contributed by atoms with Crippen LogP contribution >= 0.6 is 0 Å². The topological polar surface area (TPSA) is 84.9 Å². The van der Waals surface area contributed by atoms with E-state index < -0.39 is 24.3 Å². The normalized spacial score (nSPS) is 15.0. The van der Waals surface area contributed by atoms with E-state index in [1.54, 1.807) is 12.1 Å². The molecular weight excluding hydrogens is 475 g/mol. The minimum Gasteiger partial charge on any atom is -0.487 e. The van der Waals surface area contributed by atoms with Gasteiger partial charge in [-0.05, 0) is 60.9 Å². The van der Waals surface area contributed by atoms with E-state index in [-0.39, 0.29) is 29.6 Å². The highest BCUT2D eigenvalue weighted by atomic mass is 19.4. The first-order valence-electron chi connectivity index (χ1n) is 11.7. The number of hydrogen-bond donors (Lipinski definition) is 2. The molecular formula is C27H26F3NO5. The third kappa shape index (κ3) is 6.08. The number of rotatable bonds is 8. The van der Waals surface area contributed by atoms with E-state index in [1.165, 1.54) is 24.3 Å². The maximum atomic E-state index is 13.3. The van der Waals surface area contributed by atoms with E-state index in [4.69, 9.17) is 4.74 Å². The number of aliphatic carboxylic acids is 1. The number of hydrogen-bond acceptors (Lipinski definition) is 4. The van der Waals surface area contributed by atoms with E-state index in [9.17, 15) is 27.9 Å². The first-order valence-corrected chi connectivity index (χ1v) is 11.7. The van der Waals surface area contributed by atoms with Crippen molar-refractivity contribution < 1.29 is 37.3 Å². The van der Waals surface area contributed by atoms with Gasteiger partial charge in [0.2, 0.25) is 0 Å². The number of carbonyl (C=O) groups excluding carboxylic acids is 1. The Bertz CT molecular complexity index is 1250. The fraction of sp³-hybridized carbons (Fsp3) is 0.333. The molecule has 1 aliphatic carbocycles. The Kier molecular flexibility index (Phi) is 7.37. The highest BCUT2D eigenvalue weighted by Gasteiger charge is 2.33. The van der Waals surface area contributed by atoms with Crippen LogP contribution in [0.25, 0.3) is 10.8 Å². The van der Waals surface area contributed by atoms with Gasteiger partial charge in [0.1, 0.15) is 24.1 Å². The smallest absolute Gasteiger partial charge is 0.487 e. The summed E-state index contributed by atoms with van der Waals surface area (Å²) in [5.41, 5.74) is 1.69. The second-order valence-corrected chi connectivity index (χ2v) is 8.98. The Hall–Kier alpha value is -3.75. The largest absolute Gasteiger partial charge is 0.573 e. The van der Waals surface area contributed by atoms with Crippen LogP contribution in [0, 0.1) is 12.8 Å². The van der Waals surface area contributed by atoms with E-state index >= 15 is 0 Å². The number of carboxylic acids is 1. The zero-order valence-electron chi connectivity index (χ0n) is 19.6. The fourth-order valence-corrected chi connectivity index (χ4v) is 4.57. The fourth-order valence-electron chi connectivity index (χ4n) is 4.57. The Balaban J connectivity index is 1.61. The van der Waals surface area contributed by atoms with Gasteiger partial charge in [-0.1, -0.05) is 48.7 Å². The van der Waals surface area contributed by atoms with Gasteiger partial charge in [0.05, 0.1) is 5.56 Å². The molecule has 1 aliphatic rings. The van der Waals surface area contributed by atoms with Crippen LogP contribution in [0.2, 0.25) is 0 Å². The lowest BCUT2D eigenvalue weighted by atomic mass is 9.97. The number of benzene rings is 3.